The first-order chi connectivity index (χ1) is 8.81. The Morgan fingerprint density at radius 1 is 1.39 bits per heavy atom. The van der Waals surface area contributed by atoms with Gasteiger partial charge in [-0.1, -0.05) is 11.8 Å². The standard InChI is InChI=1S/C12H13N3O2S/c1-9-10(5-7-16-9)11-14-15-12(17-11)18-8-4-2-3-6-13/h5,7H,2-4,8H2,1H3. The summed E-state index contributed by atoms with van der Waals surface area (Å²) in [5.74, 6) is 2.14. The number of aryl methyl sites for hydroxylation is 1. The van der Waals surface area contributed by atoms with Gasteiger partial charge in [0.15, 0.2) is 0 Å². The Labute approximate surface area is 109 Å². The molecule has 0 unspecified atom stereocenters. The summed E-state index contributed by atoms with van der Waals surface area (Å²) in [5.41, 5.74) is 0.832. The molecule has 0 aliphatic heterocycles. The fourth-order valence-electron chi connectivity index (χ4n) is 1.45. The Bertz CT molecular complexity index is 542. The van der Waals surface area contributed by atoms with Crippen LogP contribution in [0.3, 0.4) is 0 Å². The van der Waals surface area contributed by atoms with Crippen molar-refractivity contribution in [3.05, 3.63) is 18.1 Å². The zero-order chi connectivity index (χ0) is 12.8. The predicted molar refractivity (Wildman–Crippen MR) is 66.9 cm³/mol. The summed E-state index contributed by atoms with van der Waals surface area (Å²) in [7, 11) is 0. The molecule has 0 aromatic carbocycles. The van der Waals surface area contributed by atoms with Gasteiger partial charge >= 0.3 is 0 Å². The molecule has 2 aromatic heterocycles. The van der Waals surface area contributed by atoms with Crippen LogP contribution in [-0.2, 0) is 0 Å². The monoisotopic (exact) mass is 263 g/mol. The largest absolute Gasteiger partial charge is 0.469 e. The first-order valence-corrected chi connectivity index (χ1v) is 6.67. The summed E-state index contributed by atoms with van der Waals surface area (Å²) in [6.45, 7) is 1.86. The van der Waals surface area contributed by atoms with Gasteiger partial charge in [-0.2, -0.15) is 5.26 Å². The summed E-state index contributed by atoms with van der Waals surface area (Å²) in [6.07, 6.45) is 4.08. The first-order valence-electron chi connectivity index (χ1n) is 5.69. The van der Waals surface area contributed by atoms with Crippen LogP contribution in [0.5, 0.6) is 0 Å². The molecule has 2 rings (SSSR count). The molecule has 0 fully saturated rings. The van der Waals surface area contributed by atoms with Crippen molar-refractivity contribution in [2.24, 2.45) is 0 Å². The second-order valence-corrected chi connectivity index (χ2v) is 4.77. The van der Waals surface area contributed by atoms with Crippen molar-refractivity contribution in [2.45, 2.75) is 31.4 Å². The Morgan fingerprint density at radius 2 is 2.28 bits per heavy atom. The normalized spacial score (nSPS) is 10.4. The number of hydrogen-bond acceptors (Lipinski definition) is 6. The molecule has 0 bridgehead atoms. The number of nitriles is 1. The molecule has 18 heavy (non-hydrogen) atoms. The van der Waals surface area contributed by atoms with E-state index in [1.54, 1.807) is 6.26 Å². The lowest BCUT2D eigenvalue weighted by Crippen LogP contribution is -1.80. The summed E-state index contributed by atoms with van der Waals surface area (Å²) in [5, 5.41) is 16.9. The Morgan fingerprint density at radius 3 is 3.00 bits per heavy atom. The van der Waals surface area contributed by atoms with E-state index in [4.69, 9.17) is 14.1 Å². The van der Waals surface area contributed by atoms with Crippen LogP contribution in [0, 0.1) is 18.3 Å². The minimum Gasteiger partial charge on any atom is -0.469 e. The minimum absolute atomic E-state index is 0.487. The molecule has 2 heterocycles. The number of unbranched alkanes of at least 4 members (excludes halogenated alkanes) is 2. The van der Waals surface area contributed by atoms with Gasteiger partial charge in [-0.25, -0.2) is 0 Å². The van der Waals surface area contributed by atoms with E-state index in [0.29, 0.717) is 17.5 Å². The van der Waals surface area contributed by atoms with Crippen molar-refractivity contribution in [3.63, 3.8) is 0 Å². The zero-order valence-corrected chi connectivity index (χ0v) is 10.9. The van der Waals surface area contributed by atoms with E-state index in [1.807, 2.05) is 13.0 Å². The average Bonchev–Trinajstić information content (AvgIpc) is 2.97. The predicted octanol–water partition coefficient (Wildman–Crippen LogP) is 3.42. The lowest BCUT2D eigenvalue weighted by atomic mass is 10.3. The van der Waals surface area contributed by atoms with E-state index in [9.17, 15) is 0 Å². The molecule has 0 aliphatic carbocycles. The Kier molecular flexibility index (Phi) is 4.42. The van der Waals surface area contributed by atoms with Crippen molar-refractivity contribution < 1.29 is 8.83 Å². The van der Waals surface area contributed by atoms with E-state index in [0.717, 1.165) is 29.9 Å². The topological polar surface area (TPSA) is 75.8 Å². The van der Waals surface area contributed by atoms with Crippen molar-refractivity contribution in [1.82, 2.24) is 10.2 Å². The first kappa shape index (κ1) is 12.7. The molecule has 94 valence electrons. The maximum absolute atomic E-state index is 8.41. The lowest BCUT2D eigenvalue weighted by Gasteiger charge is -1.94. The van der Waals surface area contributed by atoms with Crippen molar-refractivity contribution in [1.29, 1.82) is 5.26 Å². The van der Waals surface area contributed by atoms with Gasteiger partial charge in [-0.05, 0) is 25.8 Å². The number of thioether (sulfide) groups is 1. The molecule has 6 heteroatoms. The van der Waals surface area contributed by atoms with E-state index in [-0.39, 0.29) is 0 Å². The van der Waals surface area contributed by atoms with E-state index in [1.165, 1.54) is 11.8 Å². The fraction of sp³-hybridized carbons (Fsp3) is 0.417. The van der Waals surface area contributed by atoms with Gasteiger partial charge in [-0.15, -0.1) is 10.2 Å². The molecule has 0 saturated heterocycles. The van der Waals surface area contributed by atoms with Gasteiger partial charge in [0.2, 0.25) is 0 Å². The van der Waals surface area contributed by atoms with E-state index in [2.05, 4.69) is 16.3 Å². The highest BCUT2D eigenvalue weighted by Gasteiger charge is 2.12. The number of nitrogens with zero attached hydrogens (tertiary/aromatic N) is 3. The van der Waals surface area contributed by atoms with Crippen LogP contribution in [0.1, 0.15) is 25.0 Å². The molecular weight excluding hydrogens is 250 g/mol. The molecular formula is C12H13N3O2S. The zero-order valence-electron chi connectivity index (χ0n) is 10.0. The van der Waals surface area contributed by atoms with Crippen LogP contribution in [0.25, 0.3) is 11.5 Å². The summed E-state index contributed by atoms with van der Waals surface area (Å²) in [6, 6.07) is 3.93. The van der Waals surface area contributed by atoms with Gasteiger partial charge < -0.3 is 8.83 Å². The highest BCUT2D eigenvalue weighted by molar-refractivity contribution is 7.99. The highest BCUT2D eigenvalue weighted by Crippen LogP contribution is 2.26. The van der Waals surface area contributed by atoms with Gasteiger partial charge in [0.1, 0.15) is 5.76 Å². The van der Waals surface area contributed by atoms with E-state index >= 15 is 0 Å². The summed E-state index contributed by atoms with van der Waals surface area (Å²) >= 11 is 1.51. The van der Waals surface area contributed by atoms with Crippen molar-refractivity contribution >= 4 is 11.8 Å². The molecule has 0 saturated carbocycles. The molecule has 0 amide bonds. The molecule has 0 radical (unpaired) electrons. The quantitative estimate of drug-likeness (QED) is 0.587. The number of aromatic nitrogens is 2. The molecule has 5 nitrogen and oxygen atoms in total. The summed E-state index contributed by atoms with van der Waals surface area (Å²) < 4.78 is 10.7. The van der Waals surface area contributed by atoms with Gasteiger partial charge in [-0.3, -0.25) is 0 Å². The minimum atomic E-state index is 0.487. The van der Waals surface area contributed by atoms with Crippen LogP contribution in [0.15, 0.2) is 26.4 Å². The van der Waals surface area contributed by atoms with Gasteiger partial charge in [0.05, 0.1) is 17.9 Å². The third kappa shape index (κ3) is 3.14. The molecule has 0 spiro atoms. The van der Waals surface area contributed by atoms with Crippen molar-refractivity contribution in [2.75, 3.05) is 5.75 Å². The average molecular weight is 263 g/mol. The van der Waals surface area contributed by atoms with Crippen LogP contribution in [-0.4, -0.2) is 16.0 Å². The maximum Gasteiger partial charge on any atom is 0.276 e. The van der Waals surface area contributed by atoms with Crippen LogP contribution >= 0.6 is 11.8 Å². The Balaban J connectivity index is 1.87. The summed E-state index contributed by atoms with van der Waals surface area (Å²) in [4.78, 5) is 0. The van der Waals surface area contributed by atoms with Crippen LogP contribution in [0.4, 0.5) is 0 Å². The SMILES string of the molecule is Cc1occc1-c1nnc(SCCCCC#N)o1. The van der Waals surface area contributed by atoms with Crippen molar-refractivity contribution in [3.8, 4) is 17.5 Å². The third-order valence-electron chi connectivity index (χ3n) is 2.40. The van der Waals surface area contributed by atoms with E-state index < -0.39 is 0 Å². The lowest BCUT2D eigenvalue weighted by molar-refractivity contribution is 0.463. The molecule has 0 aliphatic rings. The fourth-order valence-corrected chi connectivity index (χ4v) is 2.21. The molecule has 0 N–H and O–H groups in total. The number of furan rings is 1. The highest BCUT2D eigenvalue weighted by atomic mass is 32.2. The molecule has 2 aromatic rings. The maximum atomic E-state index is 8.41. The van der Waals surface area contributed by atoms with Crippen LogP contribution < -0.4 is 0 Å². The second-order valence-electron chi connectivity index (χ2n) is 3.73. The Hall–Kier alpha value is -1.74. The van der Waals surface area contributed by atoms with Crippen LogP contribution in [0.2, 0.25) is 0 Å². The van der Waals surface area contributed by atoms with Gasteiger partial charge in [0.25, 0.3) is 11.1 Å². The number of rotatable bonds is 6. The second kappa shape index (κ2) is 6.26. The molecule has 0 atom stereocenters. The third-order valence-corrected chi connectivity index (χ3v) is 3.31. The smallest absolute Gasteiger partial charge is 0.276 e. The van der Waals surface area contributed by atoms with Gasteiger partial charge in [0, 0.05) is 12.2 Å². The number of hydrogen-bond donors (Lipinski definition) is 0.